The third kappa shape index (κ3) is 3.00. The zero-order chi connectivity index (χ0) is 12.5. The van der Waals surface area contributed by atoms with Crippen molar-refractivity contribution in [2.45, 2.75) is 12.2 Å². The van der Waals surface area contributed by atoms with E-state index in [-0.39, 0.29) is 6.04 Å². The molecule has 0 amide bonds. The summed E-state index contributed by atoms with van der Waals surface area (Å²) < 4.78 is 43.7. The van der Waals surface area contributed by atoms with Crippen molar-refractivity contribution < 1.29 is 17.9 Å². The average molecular weight is 310 g/mol. The van der Waals surface area contributed by atoms with E-state index in [0.29, 0.717) is 29.8 Å². The Balaban J connectivity index is 2.31. The Morgan fingerprint density at radius 2 is 2.12 bits per heavy atom. The quantitative estimate of drug-likeness (QED) is 0.860. The van der Waals surface area contributed by atoms with Crippen LogP contribution in [0.2, 0.25) is 0 Å². The second kappa shape index (κ2) is 4.96. The number of rotatable bonds is 1. The van der Waals surface area contributed by atoms with Gasteiger partial charge in [0.1, 0.15) is 0 Å². The first-order valence-corrected chi connectivity index (χ1v) is 5.95. The smallest absolute Gasteiger partial charge is 0.378 e. The summed E-state index contributed by atoms with van der Waals surface area (Å²) in [6, 6.07) is 3.46. The first-order valence-electron chi connectivity index (χ1n) is 5.16. The lowest BCUT2D eigenvalue weighted by atomic mass is 10.0. The van der Waals surface area contributed by atoms with E-state index in [2.05, 4.69) is 21.2 Å². The van der Waals surface area contributed by atoms with Crippen LogP contribution < -0.4 is 5.32 Å². The average Bonchev–Trinajstić information content (AvgIpc) is 2.29. The van der Waals surface area contributed by atoms with Crippen LogP contribution in [0.15, 0.2) is 22.7 Å². The minimum Gasteiger partial charge on any atom is -0.378 e. The maximum absolute atomic E-state index is 12.6. The minimum atomic E-state index is -4.31. The number of nitrogens with one attached hydrogen (secondary N) is 1. The van der Waals surface area contributed by atoms with Crippen LogP contribution in [0.5, 0.6) is 0 Å². The highest BCUT2D eigenvalue weighted by molar-refractivity contribution is 9.10. The number of halogens is 4. The van der Waals surface area contributed by atoms with E-state index in [1.807, 2.05) is 0 Å². The van der Waals surface area contributed by atoms with Crippen LogP contribution >= 0.6 is 15.9 Å². The minimum absolute atomic E-state index is 0.194. The van der Waals surface area contributed by atoms with Gasteiger partial charge >= 0.3 is 6.18 Å². The summed E-state index contributed by atoms with van der Waals surface area (Å²) in [6.45, 7) is 1.63. The van der Waals surface area contributed by atoms with Gasteiger partial charge in [0.15, 0.2) is 0 Å². The van der Waals surface area contributed by atoms with Crippen LogP contribution in [0, 0.1) is 0 Å². The second-order valence-electron chi connectivity index (χ2n) is 3.82. The first kappa shape index (κ1) is 12.9. The van der Waals surface area contributed by atoms with Gasteiger partial charge in [0.25, 0.3) is 0 Å². The zero-order valence-corrected chi connectivity index (χ0v) is 10.4. The van der Waals surface area contributed by atoms with Crippen molar-refractivity contribution in [3.63, 3.8) is 0 Å². The Labute approximate surface area is 105 Å². The van der Waals surface area contributed by atoms with Gasteiger partial charge in [-0.3, -0.25) is 0 Å². The van der Waals surface area contributed by atoms with Gasteiger partial charge in [-0.2, -0.15) is 13.2 Å². The van der Waals surface area contributed by atoms with Gasteiger partial charge in [-0.25, -0.2) is 0 Å². The first-order chi connectivity index (χ1) is 7.98. The van der Waals surface area contributed by atoms with Gasteiger partial charge in [0.05, 0.1) is 24.8 Å². The van der Waals surface area contributed by atoms with Crippen LogP contribution in [0.4, 0.5) is 13.2 Å². The monoisotopic (exact) mass is 309 g/mol. The summed E-state index contributed by atoms with van der Waals surface area (Å²) in [7, 11) is 0. The van der Waals surface area contributed by atoms with E-state index in [1.54, 1.807) is 0 Å². The van der Waals surface area contributed by atoms with Crippen LogP contribution in [0.3, 0.4) is 0 Å². The summed E-state index contributed by atoms with van der Waals surface area (Å²) in [5.74, 6) is 0. The van der Waals surface area contributed by atoms with Gasteiger partial charge in [-0.05, 0) is 23.8 Å². The van der Waals surface area contributed by atoms with Crippen LogP contribution in [0.25, 0.3) is 0 Å². The van der Waals surface area contributed by atoms with Gasteiger partial charge < -0.3 is 10.1 Å². The number of alkyl halides is 3. The molecule has 0 aliphatic carbocycles. The fourth-order valence-corrected chi connectivity index (χ4v) is 2.28. The Morgan fingerprint density at radius 1 is 1.35 bits per heavy atom. The topological polar surface area (TPSA) is 21.3 Å². The maximum Gasteiger partial charge on any atom is 0.416 e. The lowest BCUT2D eigenvalue weighted by Gasteiger charge is -2.25. The molecule has 1 fully saturated rings. The second-order valence-corrected chi connectivity index (χ2v) is 4.67. The van der Waals surface area contributed by atoms with E-state index in [0.717, 1.165) is 12.1 Å². The number of morpholine rings is 1. The highest BCUT2D eigenvalue weighted by Crippen LogP contribution is 2.34. The Morgan fingerprint density at radius 3 is 2.71 bits per heavy atom. The van der Waals surface area contributed by atoms with Crippen LogP contribution in [-0.4, -0.2) is 19.8 Å². The molecule has 94 valence electrons. The molecule has 0 aromatic heterocycles. The van der Waals surface area contributed by atoms with E-state index >= 15 is 0 Å². The molecule has 17 heavy (non-hydrogen) atoms. The predicted octanol–water partition coefficient (Wildman–Crippen LogP) is 3.13. The SMILES string of the molecule is FC(F)(F)c1ccc(Br)c([C@@H]2COCCN2)c1. The standard InChI is InChI=1S/C11H11BrF3NO/c12-9-2-1-7(11(13,14)15)5-8(9)10-6-17-4-3-16-10/h1-2,5,10,16H,3-4,6H2/t10-/m0/s1. The number of hydrogen-bond acceptors (Lipinski definition) is 2. The molecule has 0 saturated carbocycles. The summed E-state index contributed by atoms with van der Waals surface area (Å²) in [4.78, 5) is 0. The fraction of sp³-hybridized carbons (Fsp3) is 0.455. The molecule has 1 aliphatic rings. The maximum atomic E-state index is 12.6. The van der Waals surface area contributed by atoms with Crippen molar-refractivity contribution in [3.8, 4) is 0 Å². The van der Waals surface area contributed by atoms with Crippen molar-refractivity contribution in [1.82, 2.24) is 5.32 Å². The zero-order valence-electron chi connectivity index (χ0n) is 8.85. The van der Waals surface area contributed by atoms with Crippen molar-refractivity contribution >= 4 is 15.9 Å². The molecule has 1 aromatic carbocycles. The van der Waals surface area contributed by atoms with Crippen LogP contribution in [0.1, 0.15) is 17.2 Å². The largest absolute Gasteiger partial charge is 0.416 e. The molecule has 1 saturated heterocycles. The molecule has 2 nitrogen and oxygen atoms in total. The summed E-state index contributed by atoms with van der Waals surface area (Å²) in [5.41, 5.74) is -0.0531. The molecular weight excluding hydrogens is 299 g/mol. The summed E-state index contributed by atoms with van der Waals surface area (Å²) >= 11 is 3.27. The molecule has 1 atom stereocenters. The van der Waals surface area contributed by atoms with E-state index in [9.17, 15) is 13.2 Å². The Hall–Kier alpha value is -0.590. The molecule has 0 spiro atoms. The Bertz CT molecular complexity index is 402. The molecular formula is C11H11BrF3NO. The third-order valence-electron chi connectivity index (χ3n) is 2.62. The molecule has 2 rings (SSSR count). The molecule has 0 radical (unpaired) electrons. The third-order valence-corrected chi connectivity index (χ3v) is 3.34. The Kier molecular flexibility index (Phi) is 3.75. The highest BCUT2D eigenvalue weighted by Gasteiger charge is 2.31. The van der Waals surface area contributed by atoms with Crippen molar-refractivity contribution in [3.05, 3.63) is 33.8 Å². The van der Waals surface area contributed by atoms with Crippen molar-refractivity contribution in [2.75, 3.05) is 19.8 Å². The molecule has 1 N–H and O–H groups in total. The van der Waals surface area contributed by atoms with Gasteiger partial charge in [-0.15, -0.1) is 0 Å². The van der Waals surface area contributed by atoms with Gasteiger partial charge in [0.2, 0.25) is 0 Å². The number of hydrogen-bond donors (Lipinski definition) is 1. The molecule has 1 aromatic rings. The van der Waals surface area contributed by atoms with Gasteiger partial charge in [-0.1, -0.05) is 15.9 Å². The normalized spacial score (nSPS) is 21.5. The molecule has 0 unspecified atom stereocenters. The van der Waals surface area contributed by atoms with E-state index in [1.165, 1.54) is 6.07 Å². The number of ether oxygens (including phenoxy) is 1. The van der Waals surface area contributed by atoms with Crippen molar-refractivity contribution in [1.29, 1.82) is 0 Å². The molecule has 1 heterocycles. The van der Waals surface area contributed by atoms with E-state index in [4.69, 9.17) is 4.74 Å². The molecule has 0 bridgehead atoms. The lowest BCUT2D eigenvalue weighted by molar-refractivity contribution is -0.137. The molecule has 1 aliphatic heterocycles. The summed E-state index contributed by atoms with van der Waals surface area (Å²) in [6.07, 6.45) is -4.31. The highest BCUT2D eigenvalue weighted by atomic mass is 79.9. The summed E-state index contributed by atoms with van der Waals surface area (Å²) in [5, 5.41) is 3.13. The lowest BCUT2D eigenvalue weighted by Crippen LogP contribution is -2.34. The van der Waals surface area contributed by atoms with Crippen molar-refractivity contribution in [2.24, 2.45) is 0 Å². The van der Waals surface area contributed by atoms with Gasteiger partial charge in [0, 0.05) is 11.0 Å². The van der Waals surface area contributed by atoms with Crippen LogP contribution in [-0.2, 0) is 10.9 Å². The predicted molar refractivity (Wildman–Crippen MR) is 60.7 cm³/mol. The fourth-order valence-electron chi connectivity index (χ4n) is 1.75. The number of benzene rings is 1. The van der Waals surface area contributed by atoms with E-state index < -0.39 is 11.7 Å². The molecule has 6 heteroatoms.